The van der Waals surface area contributed by atoms with Crippen LogP contribution in [0.4, 0.5) is 0 Å². The number of hydrogen-bond acceptors (Lipinski definition) is 3. The molecule has 0 amide bonds. The molecule has 3 rings (SSSR count). The molecule has 0 aromatic carbocycles. The van der Waals surface area contributed by atoms with Gasteiger partial charge in [0.25, 0.3) is 0 Å². The van der Waals surface area contributed by atoms with E-state index in [9.17, 15) is 0 Å². The molecular formula is C15H24N2O. The zero-order valence-corrected chi connectivity index (χ0v) is 11.5. The van der Waals surface area contributed by atoms with Crippen molar-refractivity contribution in [1.29, 1.82) is 0 Å². The highest BCUT2D eigenvalue weighted by atomic mass is 16.3. The Morgan fingerprint density at radius 1 is 1.50 bits per heavy atom. The second kappa shape index (κ2) is 4.71. The van der Waals surface area contributed by atoms with Gasteiger partial charge in [-0.1, -0.05) is 6.92 Å². The molecule has 1 N–H and O–H groups in total. The summed E-state index contributed by atoms with van der Waals surface area (Å²) in [6, 6.07) is 2.75. The molecule has 2 atom stereocenters. The monoisotopic (exact) mass is 248 g/mol. The van der Waals surface area contributed by atoms with Crippen LogP contribution in [0.25, 0.3) is 0 Å². The number of rotatable bonds is 4. The van der Waals surface area contributed by atoms with Gasteiger partial charge >= 0.3 is 0 Å². The van der Waals surface area contributed by atoms with Crippen molar-refractivity contribution in [3.8, 4) is 0 Å². The largest absolute Gasteiger partial charge is 0.472 e. The normalized spacial score (nSPS) is 33.8. The molecule has 2 unspecified atom stereocenters. The minimum atomic E-state index is 0.329. The molecule has 1 saturated heterocycles. The van der Waals surface area contributed by atoms with E-state index < -0.39 is 0 Å². The Morgan fingerprint density at radius 2 is 2.33 bits per heavy atom. The highest BCUT2D eigenvalue weighted by molar-refractivity contribution is 5.09. The first-order valence-electron chi connectivity index (χ1n) is 7.21. The fraction of sp³-hybridized carbons (Fsp3) is 0.733. The number of nitrogens with one attached hydrogen (secondary N) is 1. The first-order valence-corrected chi connectivity index (χ1v) is 7.21. The Balaban J connectivity index is 1.71. The summed E-state index contributed by atoms with van der Waals surface area (Å²) in [5.41, 5.74) is 1.63. The quantitative estimate of drug-likeness (QED) is 0.888. The summed E-state index contributed by atoms with van der Waals surface area (Å²) in [6.07, 6.45) is 7.67. The van der Waals surface area contributed by atoms with Crippen LogP contribution in [-0.2, 0) is 6.54 Å². The van der Waals surface area contributed by atoms with E-state index in [2.05, 4.69) is 30.1 Å². The van der Waals surface area contributed by atoms with Gasteiger partial charge in [0.1, 0.15) is 0 Å². The fourth-order valence-corrected chi connectivity index (χ4v) is 3.29. The summed E-state index contributed by atoms with van der Waals surface area (Å²) in [5.74, 6) is 0.891. The van der Waals surface area contributed by atoms with Crippen LogP contribution in [-0.4, -0.2) is 29.6 Å². The minimum absolute atomic E-state index is 0.329. The van der Waals surface area contributed by atoms with Crippen molar-refractivity contribution in [2.24, 2.45) is 5.92 Å². The Kier molecular flexibility index (Phi) is 3.20. The molecular weight excluding hydrogens is 224 g/mol. The predicted molar refractivity (Wildman–Crippen MR) is 72.3 cm³/mol. The highest BCUT2D eigenvalue weighted by Gasteiger charge is 2.45. The van der Waals surface area contributed by atoms with Crippen molar-refractivity contribution in [2.75, 3.05) is 13.1 Å². The average molecular weight is 248 g/mol. The van der Waals surface area contributed by atoms with Gasteiger partial charge in [-0.05, 0) is 38.2 Å². The third-order valence-electron chi connectivity index (χ3n) is 4.70. The molecule has 18 heavy (non-hydrogen) atoms. The van der Waals surface area contributed by atoms with Crippen molar-refractivity contribution in [3.63, 3.8) is 0 Å². The summed E-state index contributed by atoms with van der Waals surface area (Å²) < 4.78 is 5.19. The molecule has 0 spiro atoms. The Labute approximate surface area is 110 Å². The lowest BCUT2D eigenvalue weighted by Crippen LogP contribution is -2.63. The Morgan fingerprint density at radius 3 is 2.94 bits per heavy atom. The van der Waals surface area contributed by atoms with Crippen LogP contribution in [0.15, 0.2) is 23.0 Å². The molecule has 1 aromatic heterocycles. The van der Waals surface area contributed by atoms with E-state index >= 15 is 0 Å². The molecule has 3 nitrogen and oxygen atoms in total. The SMILES string of the molecule is CCC1CNC(C)(C2CC2)CN1Cc1ccoc1. The minimum Gasteiger partial charge on any atom is -0.472 e. The van der Waals surface area contributed by atoms with Gasteiger partial charge in [0.2, 0.25) is 0 Å². The maximum absolute atomic E-state index is 5.19. The Hall–Kier alpha value is -0.800. The summed E-state index contributed by atoms with van der Waals surface area (Å²) in [5, 5.41) is 3.80. The van der Waals surface area contributed by atoms with Gasteiger partial charge in [0.15, 0.2) is 0 Å². The van der Waals surface area contributed by atoms with Crippen LogP contribution in [0.5, 0.6) is 0 Å². The summed E-state index contributed by atoms with van der Waals surface area (Å²) >= 11 is 0. The number of furan rings is 1. The molecule has 1 saturated carbocycles. The van der Waals surface area contributed by atoms with Gasteiger partial charge in [-0.3, -0.25) is 4.90 Å². The maximum atomic E-state index is 5.19. The topological polar surface area (TPSA) is 28.4 Å². The van der Waals surface area contributed by atoms with E-state index in [0.717, 1.165) is 19.0 Å². The van der Waals surface area contributed by atoms with E-state index in [1.807, 2.05) is 6.26 Å². The van der Waals surface area contributed by atoms with Crippen LogP contribution in [0.3, 0.4) is 0 Å². The Bertz CT molecular complexity index is 385. The third-order valence-corrected chi connectivity index (χ3v) is 4.70. The van der Waals surface area contributed by atoms with Crippen LogP contribution in [0.2, 0.25) is 0 Å². The third kappa shape index (κ3) is 2.34. The molecule has 1 aromatic rings. The first-order chi connectivity index (χ1) is 8.71. The predicted octanol–water partition coefficient (Wildman–Crippen LogP) is 2.63. The van der Waals surface area contributed by atoms with E-state index in [-0.39, 0.29) is 0 Å². The second-order valence-electron chi connectivity index (χ2n) is 6.17. The van der Waals surface area contributed by atoms with Gasteiger partial charge in [-0.15, -0.1) is 0 Å². The molecule has 2 fully saturated rings. The zero-order valence-electron chi connectivity index (χ0n) is 11.5. The summed E-state index contributed by atoms with van der Waals surface area (Å²) in [6.45, 7) is 8.01. The molecule has 2 aliphatic rings. The van der Waals surface area contributed by atoms with Crippen molar-refractivity contribution in [2.45, 2.75) is 51.2 Å². The number of nitrogens with zero attached hydrogens (tertiary/aromatic N) is 1. The van der Waals surface area contributed by atoms with Crippen LogP contribution < -0.4 is 5.32 Å². The van der Waals surface area contributed by atoms with Gasteiger partial charge in [0.05, 0.1) is 12.5 Å². The smallest absolute Gasteiger partial charge is 0.0947 e. The molecule has 0 radical (unpaired) electrons. The lowest BCUT2D eigenvalue weighted by atomic mass is 9.90. The van der Waals surface area contributed by atoms with Gasteiger partial charge in [-0.25, -0.2) is 0 Å². The molecule has 3 heteroatoms. The lowest BCUT2D eigenvalue weighted by Gasteiger charge is -2.46. The molecule has 0 bridgehead atoms. The highest BCUT2D eigenvalue weighted by Crippen LogP contribution is 2.41. The van der Waals surface area contributed by atoms with Gasteiger partial charge in [-0.2, -0.15) is 0 Å². The van der Waals surface area contributed by atoms with E-state index in [0.29, 0.717) is 11.6 Å². The maximum Gasteiger partial charge on any atom is 0.0947 e. The van der Waals surface area contributed by atoms with Gasteiger partial charge in [0, 0.05) is 36.8 Å². The van der Waals surface area contributed by atoms with Crippen molar-refractivity contribution in [1.82, 2.24) is 10.2 Å². The molecule has 1 aliphatic heterocycles. The van der Waals surface area contributed by atoms with Crippen LogP contribution in [0, 0.1) is 5.92 Å². The van der Waals surface area contributed by atoms with Crippen LogP contribution in [0.1, 0.15) is 38.7 Å². The van der Waals surface area contributed by atoms with E-state index in [4.69, 9.17) is 4.42 Å². The molecule has 2 heterocycles. The summed E-state index contributed by atoms with van der Waals surface area (Å²) in [7, 11) is 0. The number of piperazine rings is 1. The van der Waals surface area contributed by atoms with Crippen LogP contribution >= 0.6 is 0 Å². The average Bonchev–Trinajstić information content (AvgIpc) is 3.11. The zero-order chi connectivity index (χ0) is 12.6. The number of hydrogen-bond donors (Lipinski definition) is 1. The van der Waals surface area contributed by atoms with Crippen molar-refractivity contribution >= 4 is 0 Å². The van der Waals surface area contributed by atoms with Crippen molar-refractivity contribution in [3.05, 3.63) is 24.2 Å². The lowest BCUT2D eigenvalue weighted by molar-refractivity contribution is 0.0664. The summed E-state index contributed by atoms with van der Waals surface area (Å²) in [4.78, 5) is 2.64. The molecule has 1 aliphatic carbocycles. The second-order valence-corrected chi connectivity index (χ2v) is 6.17. The molecule has 100 valence electrons. The first kappa shape index (κ1) is 12.2. The standard InChI is InChI=1S/C15H24N2O/c1-3-14-8-16-15(2,13-4-5-13)11-17(14)9-12-6-7-18-10-12/h6-7,10,13-14,16H,3-5,8-9,11H2,1-2H3. The fourth-order valence-electron chi connectivity index (χ4n) is 3.29. The van der Waals surface area contributed by atoms with Gasteiger partial charge < -0.3 is 9.73 Å². The van der Waals surface area contributed by atoms with E-state index in [1.165, 1.54) is 31.4 Å². The van der Waals surface area contributed by atoms with E-state index in [1.54, 1.807) is 6.26 Å². The van der Waals surface area contributed by atoms with Crippen molar-refractivity contribution < 1.29 is 4.42 Å².